The van der Waals surface area contributed by atoms with Crippen molar-refractivity contribution in [3.8, 4) is 0 Å². The summed E-state index contributed by atoms with van der Waals surface area (Å²) in [5.74, 6) is 0.905. The van der Waals surface area contributed by atoms with Crippen LogP contribution in [0.1, 0.15) is 42.0 Å². The van der Waals surface area contributed by atoms with E-state index in [1.807, 2.05) is 6.07 Å². The maximum absolute atomic E-state index is 11.5. The van der Waals surface area contributed by atoms with Crippen LogP contribution < -0.4 is 0 Å². The minimum atomic E-state index is -2.86. The standard InChI is InChI=1S/C12H16O2S/c1-8(2)12-5-11-7-15(13,14)6-10(11)4-9(12)3/h4-5,8H,6-7H2,1-3H3. The molecule has 0 aliphatic carbocycles. The Balaban J connectivity index is 2.54. The number of fused-ring (bicyclic) bond motifs is 1. The highest BCUT2D eigenvalue weighted by Crippen LogP contribution is 2.30. The average Bonchev–Trinajstić information content (AvgIpc) is 2.36. The van der Waals surface area contributed by atoms with Crippen molar-refractivity contribution in [2.45, 2.75) is 38.2 Å². The Morgan fingerprint density at radius 2 is 1.67 bits per heavy atom. The highest BCUT2D eigenvalue weighted by molar-refractivity contribution is 7.90. The van der Waals surface area contributed by atoms with E-state index >= 15 is 0 Å². The molecule has 0 fully saturated rings. The molecule has 0 bridgehead atoms. The van der Waals surface area contributed by atoms with Crippen LogP contribution in [0.15, 0.2) is 12.1 Å². The fourth-order valence-corrected chi connectivity index (χ4v) is 3.83. The molecule has 0 spiro atoms. The molecule has 0 unspecified atom stereocenters. The summed E-state index contributed by atoms with van der Waals surface area (Å²) in [6.07, 6.45) is 0. The molecule has 0 aromatic heterocycles. The average molecular weight is 224 g/mol. The lowest BCUT2D eigenvalue weighted by Crippen LogP contribution is -1.95. The summed E-state index contributed by atoms with van der Waals surface area (Å²) in [5, 5.41) is 0. The summed E-state index contributed by atoms with van der Waals surface area (Å²) in [7, 11) is -2.86. The summed E-state index contributed by atoms with van der Waals surface area (Å²) in [6.45, 7) is 6.33. The SMILES string of the molecule is Cc1cc2c(cc1C(C)C)CS(=O)(=O)C2. The van der Waals surface area contributed by atoms with E-state index in [9.17, 15) is 8.42 Å². The normalized spacial score (nSPS) is 18.1. The lowest BCUT2D eigenvalue weighted by Gasteiger charge is -2.11. The van der Waals surface area contributed by atoms with Gasteiger partial charge >= 0.3 is 0 Å². The molecule has 1 aromatic rings. The molecule has 0 radical (unpaired) electrons. The number of sulfone groups is 1. The molecule has 0 N–H and O–H groups in total. The van der Waals surface area contributed by atoms with Crippen LogP contribution in [0.2, 0.25) is 0 Å². The summed E-state index contributed by atoms with van der Waals surface area (Å²) in [4.78, 5) is 0. The molecule has 82 valence electrons. The Kier molecular flexibility index (Phi) is 2.38. The van der Waals surface area contributed by atoms with Gasteiger partial charge in [-0.3, -0.25) is 0 Å². The monoisotopic (exact) mass is 224 g/mol. The molecule has 0 atom stereocenters. The first kappa shape index (κ1) is 10.7. The Bertz CT molecular complexity index is 499. The molecule has 3 heteroatoms. The van der Waals surface area contributed by atoms with Crippen LogP contribution in [0.4, 0.5) is 0 Å². The molecule has 2 rings (SSSR count). The van der Waals surface area contributed by atoms with Gasteiger partial charge in [0.15, 0.2) is 9.84 Å². The van der Waals surface area contributed by atoms with Crippen molar-refractivity contribution in [2.75, 3.05) is 0 Å². The first-order valence-electron chi connectivity index (χ1n) is 5.22. The quantitative estimate of drug-likeness (QED) is 0.734. The molecule has 0 amide bonds. The van der Waals surface area contributed by atoms with E-state index in [1.165, 1.54) is 11.1 Å². The fourth-order valence-electron chi connectivity index (χ4n) is 2.25. The zero-order valence-corrected chi connectivity index (χ0v) is 10.2. The highest BCUT2D eigenvalue weighted by atomic mass is 32.2. The molecule has 1 aliphatic heterocycles. The zero-order chi connectivity index (χ0) is 11.2. The van der Waals surface area contributed by atoms with Crippen molar-refractivity contribution in [3.63, 3.8) is 0 Å². The van der Waals surface area contributed by atoms with Gasteiger partial charge in [-0.1, -0.05) is 26.0 Å². The molecular formula is C12H16O2S. The van der Waals surface area contributed by atoms with Crippen molar-refractivity contribution >= 4 is 9.84 Å². The summed E-state index contributed by atoms with van der Waals surface area (Å²) >= 11 is 0. The van der Waals surface area contributed by atoms with Crippen LogP contribution in [-0.2, 0) is 21.3 Å². The van der Waals surface area contributed by atoms with E-state index in [2.05, 4.69) is 26.8 Å². The summed E-state index contributed by atoms with van der Waals surface area (Å²) in [5.41, 5.74) is 4.48. The van der Waals surface area contributed by atoms with Crippen LogP contribution in [-0.4, -0.2) is 8.42 Å². The zero-order valence-electron chi connectivity index (χ0n) is 9.37. The molecule has 0 saturated heterocycles. The van der Waals surface area contributed by atoms with Gasteiger partial charge in [-0.15, -0.1) is 0 Å². The Labute approximate surface area is 91.2 Å². The van der Waals surface area contributed by atoms with Gasteiger partial charge in [0.05, 0.1) is 11.5 Å². The summed E-state index contributed by atoms with van der Waals surface area (Å²) in [6, 6.07) is 4.11. The van der Waals surface area contributed by atoms with Crippen LogP contribution in [0, 0.1) is 6.92 Å². The minimum absolute atomic E-state index is 0.224. The Morgan fingerprint density at radius 3 is 2.20 bits per heavy atom. The first-order valence-corrected chi connectivity index (χ1v) is 7.04. The van der Waals surface area contributed by atoms with E-state index in [-0.39, 0.29) is 11.5 Å². The number of benzene rings is 1. The van der Waals surface area contributed by atoms with Gasteiger partial charge in [-0.2, -0.15) is 0 Å². The van der Waals surface area contributed by atoms with Crippen LogP contribution >= 0.6 is 0 Å². The lowest BCUT2D eigenvalue weighted by molar-refractivity contribution is 0.598. The number of hydrogen-bond acceptors (Lipinski definition) is 2. The van der Waals surface area contributed by atoms with Crippen LogP contribution in [0.3, 0.4) is 0 Å². The van der Waals surface area contributed by atoms with Crippen molar-refractivity contribution in [3.05, 3.63) is 34.4 Å². The number of aryl methyl sites for hydroxylation is 1. The van der Waals surface area contributed by atoms with E-state index < -0.39 is 9.84 Å². The second-order valence-electron chi connectivity index (χ2n) is 4.66. The van der Waals surface area contributed by atoms with Gasteiger partial charge in [0.2, 0.25) is 0 Å². The number of rotatable bonds is 1. The fraction of sp³-hybridized carbons (Fsp3) is 0.500. The largest absolute Gasteiger partial charge is 0.228 e. The van der Waals surface area contributed by atoms with Crippen molar-refractivity contribution in [1.29, 1.82) is 0 Å². The van der Waals surface area contributed by atoms with Crippen molar-refractivity contribution < 1.29 is 8.42 Å². The maximum atomic E-state index is 11.5. The highest BCUT2D eigenvalue weighted by Gasteiger charge is 2.25. The number of hydrogen-bond donors (Lipinski definition) is 0. The molecular weight excluding hydrogens is 208 g/mol. The lowest BCUT2D eigenvalue weighted by atomic mass is 9.94. The van der Waals surface area contributed by atoms with Gasteiger partial charge < -0.3 is 0 Å². The third-order valence-electron chi connectivity index (χ3n) is 2.96. The Morgan fingerprint density at radius 1 is 1.13 bits per heavy atom. The maximum Gasteiger partial charge on any atom is 0.158 e. The second kappa shape index (κ2) is 3.34. The van der Waals surface area contributed by atoms with E-state index in [4.69, 9.17) is 0 Å². The molecule has 2 nitrogen and oxygen atoms in total. The topological polar surface area (TPSA) is 34.1 Å². The third kappa shape index (κ3) is 1.93. The van der Waals surface area contributed by atoms with Gasteiger partial charge in [-0.05, 0) is 35.1 Å². The smallest absolute Gasteiger partial charge is 0.158 e. The predicted octanol–water partition coefficient (Wildman–Crippen LogP) is 2.55. The van der Waals surface area contributed by atoms with Crippen LogP contribution in [0.5, 0.6) is 0 Å². The van der Waals surface area contributed by atoms with Crippen molar-refractivity contribution in [1.82, 2.24) is 0 Å². The molecule has 1 aliphatic rings. The molecule has 15 heavy (non-hydrogen) atoms. The molecule has 1 aromatic carbocycles. The third-order valence-corrected chi connectivity index (χ3v) is 4.46. The minimum Gasteiger partial charge on any atom is -0.228 e. The first-order chi connectivity index (χ1) is 6.89. The Hall–Kier alpha value is -0.830. The van der Waals surface area contributed by atoms with Crippen molar-refractivity contribution in [2.24, 2.45) is 0 Å². The van der Waals surface area contributed by atoms with Gasteiger partial charge in [0.25, 0.3) is 0 Å². The van der Waals surface area contributed by atoms with Gasteiger partial charge in [0, 0.05) is 0 Å². The molecule has 1 heterocycles. The molecule has 0 saturated carbocycles. The van der Waals surface area contributed by atoms with E-state index in [0.29, 0.717) is 5.92 Å². The van der Waals surface area contributed by atoms with E-state index in [1.54, 1.807) is 0 Å². The summed E-state index contributed by atoms with van der Waals surface area (Å²) < 4.78 is 23.0. The second-order valence-corrected chi connectivity index (χ2v) is 6.73. The van der Waals surface area contributed by atoms with Crippen LogP contribution in [0.25, 0.3) is 0 Å². The predicted molar refractivity (Wildman–Crippen MR) is 61.6 cm³/mol. The van der Waals surface area contributed by atoms with Gasteiger partial charge in [0.1, 0.15) is 0 Å². The van der Waals surface area contributed by atoms with E-state index in [0.717, 1.165) is 11.1 Å². The van der Waals surface area contributed by atoms with Gasteiger partial charge in [-0.25, -0.2) is 8.42 Å².